The number of carboxylic acid groups (broad SMARTS) is 1. The monoisotopic (exact) mass is 629 g/mol. The molecular weight excluding hydrogens is 605 g/mol. The highest BCUT2D eigenvalue weighted by molar-refractivity contribution is 6.31. The third-order valence-electron chi connectivity index (χ3n) is 5.64. The van der Waals surface area contributed by atoms with Gasteiger partial charge in [0.15, 0.2) is 0 Å². The van der Waals surface area contributed by atoms with Crippen molar-refractivity contribution in [2.45, 2.75) is 26.1 Å². The molecule has 0 aliphatic heterocycles. The summed E-state index contributed by atoms with van der Waals surface area (Å²) >= 11 is 11.7. The predicted octanol–water partition coefficient (Wildman–Crippen LogP) is 3.88. The Labute approximate surface area is 255 Å². The van der Waals surface area contributed by atoms with Crippen molar-refractivity contribution >= 4 is 64.5 Å². The first-order chi connectivity index (χ1) is 20.3. The Bertz CT molecular complexity index is 1510. The van der Waals surface area contributed by atoms with Gasteiger partial charge in [-0.3, -0.25) is 25.2 Å². The fraction of sp³-hybridized carbons (Fsp3) is 0.172. The minimum atomic E-state index is -2.33. The van der Waals surface area contributed by atoms with E-state index in [1.54, 1.807) is 13.8 Å². The summed E-state index contributed by atoms with van der Waals surface area (Å²) in [7, 11) is 0. The lowest BCUT2D eigenvalue weighted by molar-refractivity contribution is -0.159. The zero-order valence-corrected chi connectivity index (χ0v) is 24.1. The molecule has 2 atom stereocenters. The molecule has 3 rings (SSSR count). The number of halogens is 2. The average molecular weight is 630 g/mol. The fourth-order valence-electron chi connectivity index (χ4n) is 3.29. The predicted molar refractivity (Wildman–Crippen MR) is 154 cm³/mol. The molecule has 0 aliphatic rings. The van der Waals surface area contributed by atoms with E-state index in [1.165, 1.54) is 72.8 Å². The molecule has 0 spiro atoms. The summed E-state index contributed by atoms with van der Waals surface area (Å²) < 4.78 is 10.2. The van der Waals surface area contributed by atoms with Gasteiger partial charge >= 0.3 is 17.9 Å². The zero-order valence-electron chi connectivity index (χ0n) is 22.6. The highest BCUT2D eigenvalue weighted by atomic mass is 35.5. The van der Waals surface area contributed by atoms with E-state index in [4.69, 9.17) is 32.7 Å². The van der Waals surface area contributed by atoms with E-state index in [-0.39, 0.29) is 28.5 Å². The van der Waals surface area contributed by atoms with E-state index < -0.39 is 41.9 Å². The van der Waals surface area contributed by atoms with Gasteiger partial charge in [0.25, 0.3) is 11.8 Å². The standard InChI is InChI=1S/C29H25Cl2N3O9/c1-15(2)24(35)32-21-13-7-16(8-14-21)25(36)33-34-26(37)22(42-28(40)17-3-9-19(30)10-4-17)23(27(38)39)43-29(41)18-5-11-20(31)12-6-18/h3-15,22-23H,1-2H3,(H,32,35)(H,33,36)(H,34,37)(H,38,39)/t22-,23+/m1/s1. The maximum Gasteiger partial charge on any atom is 0.349 e. The van der Waals surface area contributed by atoms with Crippen molar-refractivity contribution < 1.29 is 43.3 Å². The second-order valence-electron chi connectivity index (χ2n) is 9.17. The van der Waals surface area contributed by atoms with Crippen molar-refractivity contribution in [2.75, 3.05) is 5.32 Å². The molecular formula is C29H25Cl2N3O9. The first kappa shape index (κ1) is 32.6. The number of carboxylic acids is 1. The Kier molecular flexibility index (Phi) is 11.2. The lowest BCUT2D eigenvalue weighted by Crippen LogP contribution is -2.54. The van der Waals surface area contributed by atoms with Gasteiger partial charge in [0, 0.05) is 27.2 Å². The summed E-state index contributed by atoms with van der Waals surface area (Å²) in [6.07, 6.45) is -4.59. The molecule has 0 unspecified atom stereocenters. The second kappa shape index (κ2) is 14.8. The number of hydrazine groups is 1. The largest absolute Gasteiger partial charge is 0.478 e. The molecule has 224 valence electrons. The molecule has 14 heteroatoms. The number of hydrogen-bond donors (Lipinski definition) is 4. The summed E-state index contributed by atoms with van der Waals surface area (Å²) in [6, 6.07) is 16.2. The van der Waals surface area contributed by atoms with Crippen LogP contribution < -0.4 is 16.2 Å². The van der Waals surface area contributed by atoms with Crippen molar-refractivity contribution in [3.63, 3.8) is 0 Å². The lowest BCUT2D eigenvalue weighted by atomic mass is 10.1. The van der Waals surface area contributed by atoms with Gasteiger partial charge in [0.1, 0.15) is 0 Å². The van der Waals surface area contributed by atoms with Gasteiger partial charge in [-0.05, 0) is 72.8 Å². The van der Waals surface area contributed by atoms with E-state index in [1.807, 2.05) is 5.43 Å². The molecule has 0 aliphatic carbocycles. The average Bonchev–Trinajstić information content (AvgIpc) is 2.98. The lowest BCUT2D eigenvalue weighted by Gasteiger charge is -2.23. The van der Waals surface area contributed by atoms with Crippen LogP contribution in [0.25, 0.3) is 0 Å². The van der Waals surface area contributed by atoms with Crippen LogP contribution in [-0.2, 0) is 23.9 Å². The first-order valence-corrected chi connectivity index (χ1v) is 13.3. The molecule has 4 N–H and O–H groups in total. The number of anilines is 1. The van der Waals surface area contributed by atoms with Crippen molar-refractivity contribution in [2.24, 2.45) is 5.92 Å². The van der Waals surface area contributed by atoms with Crippen LogP contribution in [0.4, 0.5) is 5.69 Å². The van der Waals surface area contributed by atoms with Crippen molar-refractivity contribution in [3.8, 4) is 0 Å². The Morgan fingerprint density at radius 2 is 1.07 bits per heavy atom. The van der Waals surface area contributed by atoms with Gasteiger partial charge in [-0.1, -0.05) is 37.0 Å². The highest BCUT2D eigenvalue weighted by Crippen LogP contribution is 2.17. The molecule has 0 saturated heterocycles. The molecule has 0 radical (unpaired) electrons. The summed E-state index contributed by atoms with van der Waals surface area (Å²) in [5, 5.41) is 13.1. The second-order valence-corrected chi connectivity index (χ2v) is 10.0. The third kappa shape index (κ3) is 9.28. The highest BCUT2D eigenvalue weighted by Gasteiger charge is 2.41. The van der Waals surface area contributed by atoms with Gasteiger partial charge in [0.05, 0.1) is 11.1 Å². The van der Waals surface area contributed by atoms with Crippen molar-refractivity contribution in [1.82, 2.24) is 10.9 Å². The quantitative estimate of drug-likeness (QED) is 0.191. The molecule has 0 fully saturated rings. The van der Waals surface area contributed by atoms with Crippen LogP contribution >= 0.6 is 23.2 Å². The minimum absolute atomic E-state index is 0.0569. The summed E-state index contributed by atoms with van der Waals surface area (Å²) in [5.74, 6) is -6.77. The van der Waals surface area contributed by atoms with E-state index >= 15 is 0 Å². The van der Waals surface area contributed by atoms with E-state index in [2.05, 4.69) is 10.7 Å². The van der Waals surface area contributed by atoms with Gasteiger partial charge in [-0.25, -0.2) is 14.4 Å². The molecule has 0 heterocycles. The smallest absolute Gasteiger partial charge is 0.349 e. The number of ether oxygens (including phenoxy) is 2. The SMILES string of the molecule is CC(C)C(=O)Nc1ccc(C(=O)NNC(=O)[C@H](OC(=O)c2ccc(Cl)cc2)[C@H](OC(=O)c2ccc(Cl)cc2)C(=O)O)cc1. The fourth-order valence-corrected chi connectivity index (χ4v) is 3.54. The van der Waals surface area contributed by atoms with Gasteiger partial charge < -0.3 is 19.9 Å². The molecule has 12 nitrogen and oxygen atoms in total. The van der Waals surface area contributed by atoms with Crippen LogP contribution in [0.15, 0.2) is 72.8 Å². The topological polar surface area (TPSA) is 177 Å². The number of rotatable bonds is 10. The van der Waals surface area contributed by atoms with E-state index in [9.17, 15) is 33.9 Å². The van der Waals surface area contributed by atoms with Crippen molar-refractivity contribution in [1.29, 1.82) is 0 Å². The van der Waals surface area contributed by atoms with Crippen LogP contribution in [0.1, 0.15) is 44.9 Å². The van der Waals surface area contributed by atoms with Crippen LogP contribution in [0.2, 0.25) is 10.0 Å². The van der Waals surface area contributed by atoms with Gasteiger partial charge in [-0.2, -0.15) is 0 Å². The van der Waals surface area contributed by atoms with Gasteiger partial charge in [0.2, 0.25) is 18.1 Å². The summed E-state index contributed by atoms with van der Waals surface area (Å²) in [5.41, 5.74) is 4.36. The Balaban J connectivity index is 1.79. The summed E-state index contributed by atoms with van der Waals surface area (Å²) in [6.45, 7) is 3.43. The number of esters is 2. The molecule has 43 heavy (non-hydrogen) atoms. The minimum Gasteiger partial charge on any atom is -0.478 e. The van der Waals surface area contributed by atoms with Crippen LogP contribution in [-0.4, -0.2) is 52.9 Å². The normalized spacial score (nSPS) is 11.9. The number of hydrogen-bond acceptors (Lipinski definition) is 8. The molecule has 0 aromatic heterocycles. The number of aliphatic carboxylic acids is 1. The molecule has 3 aromatic rings. The number of benzene rings is 3. The van der Waals surface area contributed by atoms with Crippen LogP contribution in [0.5, 0.6) is 0 Å². The van der Waals surface area contributed by atoms with Crippen LogP contribution in [0.3, 0.4) is 0 Å². The molecule has 0 bridgehead atoms. The van der Waals surface area contributed by atoms with E-state index in [0.717, 1.165) is 0 Å². The Hall–Kier alpha value is -4.94. The molecule has 3 amide bonds. The number of nitrogens with one attached hydrogen (secondary N) is 3. The molecule has 0 saturated carbocycles. The number of amides is 3. The molecule has 3 aromatic carbocycles. The van der Waals surface area contributed by atoms with Crippen molar-refractivity contribution in [3.05, 3.63) is 99.5 Å². The Morgan fingerprint density at radius 3 is 1.51 bits per heavy atom. The van der Waals surface area contributed by atoms with Crippen LogP contribution in [0, 0.1) is 5.92 Å². The van der Waals surface area contributed by atoms with E-state index in [0.29, 0.717) is 15.7 Å². The Morgan fingerprint density at radius 1 is 0.628 bits per heavy atom. The maximum atomic E-state index is 13.1. The number of carbonyl (C=O) groups is 6. The zero-order chi connectivity index (χ0) is 31.7. The third-order valence-corrected chi connectivity index (χ3v) is 6.15. The number of carbonyl (C=O) groups excluding carboxylic acids is 5. The summed E-state index contributed by atoms with van der Waals surface area (Å²) in [4.78, 5) is 75.2. The first-order valence-electron chi connectivity index (χ1n) is 12.5. The van der Waals surface area contributed by atoms with Gasteiger partial charge in [-0.15, -0.1) is 0 Å². The maximum absolute atomic E-state index is 13.1.